The van der Waals surface area contributed by atoms with E-state index in [9.17, 15) is 0 Å². The molecule has 3 rings (SSSR count). The average Bonchev–Trinajstić information content (AvgIpc) is 2.61. The zero-order valence-electron chi connectivity index (χ0n) is 20.7. The van der Waals surface area contributed by atoms with E-state index in [0.29, 0.717) is 21.7 Å². The molecule has 0 heteroatoms. The molecule has 8 atom stereocenters. The van der Waals surface area contributed by atoms with Crippen LogP contribution in [-0.2, 0) is 0 Å². The van der Waals surface area contributed by atoms with Crippen LogP contribution in [0.25, 0.3) is 0 Å². The summed E-state index contributed by atoms with van der Waals surface area (Å²) in [6.07, 6.45) is 16.3. The molecule has 0 amide bonds. The molecule has 3 saturated carbocycles. The van der Waals surface area contributed by atoms with Crippen molar-refractivity contribution in [3.05, 3.63) is 12.2 Å². The molecule has 0 aromatic rings. The molecule has 0 spiro atoms. The van der Waals surface area contributed by atoms with Gasteiger partial charge in [-0.05, 0) is 103 Å². The summed E-state index contributed by atoms with van der Waals surface area (Å²) in [7, 11) is 0. The second-order valence-corrected chi connectivity index (χ2v) is 12.8. The van der Waals surface area contributed by atoms with E-state index >= 15 is 0 Å². The minimum Gasteiger partial charge on any atom is -0.0911 e. The standard InChI is InChI=1S/C28H50/c1-10-15-26(7)17-18-27(8)21(4)23(13-12-22(27)19-26)28(9)16-14-20(3)25(5,6)24(28)11-2/h10,15,20-24H,11-14,16-19H2,1-9H3. The first-order chi connectivity index (χ1) is 12.9. The fourth-order valence-corrected chi connectivity index (χ4v) is 8.94. The van der Waals surface area contributed by atoms with Gasteiger partial charge < -0.3 is 0 Å². The SMILES string of the molecule is CC=CC1(C)CCC2(C)C(CCC(C3(C)CCC(C)C(C)(C)C3CC)C2C)C1. The number of rotatable bonds is 3. The highest BCUT2D eigenvalue weighted by molar-refractivity contribution is 5.10. The predicted octanol–water partition coefficient (Wildman–Crippen LogP) is 8.91. The number of fused-ring (bicyclic) bond motifs is 1. The van der Waals surface area contributed by atoms with Gasteiger partial charge in [0.2, 0.25) is 0 Å². The van der Waals surface area contributed by atoms with Crippen LogP contribution in [0, 0.1) is 51.2 Å². The van der Waals surface area contributed by atoms with Crippen LogP contribution >= 0.6 is 0 Å². The molecule has 0 aliphatic heterocycles. The van der Waals surface area contributed by atoms with Gasteiger partial charge in [-0.25, -0.2) is 0 Å². The van der Waals surface area contributed by atoms with Gasteiger partial charge in [0, 0.05) is 0 Å². The van der Waals surface area contributed by atoms with Crippen molar-refractivity contribution in [2.45, 2.75) is 114 Å². The van der Waals surface area contributed by atoms with Gasteiger partial charge in [-0.1, -0.05) is 74.0 Å². The van der Waals surface area contributed by atoms with Gasteiger partial charge in [-0.2, -0.15) is 0 Å². The molecule has 0 saturated heterocycles. The Balaban J connectivity index is 1.88. The fraction of sp³-hybridized carbons (Fsp3) is 0.929. The molecular weight excluding hydrogens is 336 g/mol. The van der Waals surface area contributed by atoms with Crippen LogP contribution in [0.15, 0.2) is 12.2 Å². The molecule has 28 heavy (non-hydrogen) atoms. The Kier molecular flexibility index (Phi) is 5.97. The lowest BCUT2D eigenvalue weighted by Gasteiger charge is -2.64. The van der Waals surface area contributed by atoms with Gasteiger partial charge >= 0.3 is 0 Å². The second kappa shape index (κ2) is 7.46. The molecule has 0 aromatic heterocycles. The number of allylic oxidation sites excluding steroid dienone is 2. The van der Waals surface area contributed by atoms with Crippen LogP contribution in [0.1, 0.15) is 114 Å². The fourth-order valence-electron chi connectivity index (χ4n) is 8.94. The number of hydrogen-bond acceptors (Lipinski definition) is 0. The van der Waals surface area contributed by atoms with Crippen molar-refractivity contribution >= 4 is 0 Å². The average molecular weight is 387 g/mol. The number of hydrogen-bond donors (Lipinski definition) is 0. The first kappa shape index (κ1) is 22.4. The lowest BCUT2D eigenvalue weighted by molar-refractivity contribution is -0.144. The monoisotopic (exact) mass is 386 g/mol. The maximum Gasteiger partial charge on any atom is -0.0144 e. The summed E-state index contributed by atoms with van der Waals surface area (Å²) >= 11 is 0. The van der Waals surface area contributed by atoms with E-state index in [4.69, 9.17) is 0 Å². The molecule has 0 nitrogen and oxygen atoms in total. The predicted molar refractivity (Wildman–Crippen MR) is 124 cm³/mol. The van der Waals surface area contributed by atoms with Crippen LogP contribution in [0.5, 0.6) is 0 Å². The third kappa shape index (κ3) is 3.33. The Morgan fingerprint density at radius 2 is 1.54 bits per heavy atom. The molecule has 8 unspecified atom stereocenters. The Hall–Kier alpha value is -0.260. The Morgan fingerprint density at radius 1 is 0.857 bits per heavy atom. The largest absolute Gasteiger partial charge is 0.0911 e. The minimum absolute atomic E-state index is 0.448. The Morgan fingerprint density at radius 3 is 2.14 bits per heavy atom. The molecule has 3 aliphatic carbocycles. The Bertz CT molecular complexity index is 585. The molecule has 3 fully saturated rings. The van der Waals surface area contributed by atoms with E-state index in [-0.39, 0.29) is 0 Å². The first-order valence-electron chi connectivity index (χ1n) is 12.6. The van der Waals surface area contributed by atoms with Crippen molar-refractivity contribution in [3.8, 4) is 0 Å². The summed E-state index contributed by atoms with van der Waals surface area (Å²) in [6.45, 7) is 23.0. The van der Waals surface area contributed by atoms with Crippen molar-refractivity contribution in [2.75, 3.05) is 0 Å². The minimum atomic E-state index is 0.448. The lowest BCUT2D eigenvalue weighted by atomic mass is 9.41. The van der Waals surface area contributed by atoms with Crippen LogP contribution in [0.3, 0.4) is 0 Å². The summed E-state index contributed by atoms with van der Waals surface area (Å²) in [5.74, 6) is 4.44. The summed E-state index contributed by atoms with van der Waals surface area (Å²) in [4.78, 5) is 0. The van der Waals surface area contributed by atoms with E-state index in [1.807, 2.05) is 0 Å². The highest BCUT2D eigenvalue weighted by Gasteiger charge is 2.58. The van der Waals surface area contributed by atoms with Gasteiger partial charge in [0.1, 0.15) is 0 Å². The molecule has 3 aliphatic rings. The quantitative estimate of drug-likeness (QED) is 0.425. The van der Waals surface area contributed by atoms with E-state index < -0.39 is 0 Å². The Labute approximate surface area is 177 Å². The lowest BCUT2D eigenvalue weighted by Crippen LogP contribution is -2.56. The van der Waals surface area contributed by atoms with Gasteiger partial charge in [0.25, 0.3) is 0 Å². The van der Waals surface area contributed by atoms with Crippen molar-refractivity contribution < 1.29 is 0 Å². The smallest absolute Gasteiger partial charge is 0.0144 e. The van der Waals surface area contributed by atoms with Gasteiger partial charge in [0.05, 0.1) is 0 Å². The molecule has 162 valence electrons. The first-order valence-corrected chi connectivity index (χ1v) is 12.6. The molecule has 0 bridgehead atoms. The maximum absolute atomic E-state index is 2.71. The third-order valence-corrected chi connectivity index (χ3v) is 11.3. The van der Waals surface area contributed by atoms with E-state index in [2.05, 4.69) is 74.5 Å². The van der Waals surface area contributed by atoms with Crippen LogP contribution in [-0.4, -0.2) is 0 Å². The summed E-state index contributed by atoms with van der Waals surface area (Å²) in [5, 5.41) is 0. The zero-order valence-corrected chi connectivity index (χ0v) is 20.7. The summed E-state index contributed by atoms with van der Waals surface area (Å²) in [6, 6.07) is 0. The van der Waals surface area contributed by atoms with Crippen molar-refractivity contribution in [1.82, 2.24) is 0 Å². The zero-order chi connectivity index (χ0) is 21.0. The van der Waals surface area contributed by atoms with Crippen molar-refractivity contribution in [1.29, 1.82) is 0 Å². The molecule has 0 radical (unpaired) electrons. The molecule has 0 heterocycles. The molecular formula is C28H50. The van der Waals surface area contributed by atoms with Crippen LogP contribution in [0.2, 0.25) is 0 Å². The van der Waals surface area contributed by atoms with E-state index in [1.54, 1.807) is 0 Å². The third-order valence-electron chi connectivity index (χ3n) is 11.3. The maximum atomic E-state index is 2.71. The van der Waals surface area contributed by atoms with Crippen molar-refractivity contribution in [3.63, 3.8) is 0 Å². The summed E-state index contributed by atoms with van der Waals surface area (Å²) in [5.41, 5.74) is 2.01. The van der Waals surface area contributed by atoms with Crippen LogP contribution < -0.4 is 0 Å². The topological polar surface area (TPSA) is 0 Å². The highest BCUT2D eigenvalue weighted by atomic mass is 14.6. The van der Waals surface area contributed by atoms with Gasteiger partial charge in [-0.3, -0.25) is 0 Å². The van der Waals surface area contributed by atoms with Crippen molar-refractivity contribution in [2.24, 2.45) is 51.2 Å². The highest BCUT2D eigenvalue weighted by Crippen LogP contribution is 2.67. The second-order valence-electron chi connectivity index (χ2n) is 12.8. The van der Waals surface area contributed by atoms with Gasteiger partial charge in [0.15, 0.2) is 0 Å². The van der Waals surface area contributed by atoms with Gasteiger partial charge in [-0.15, -0.1) is 0 Å². The van der Waals surface area contributed by atoms with E-state index in [0.717, 1.165) is 29.6 Å². The normalized spacial score (nSPS) is 51.8. The molecule has 0 aromatic carbocycles. The van der Waals surface area contributed by atoms with Crippen LogP contribution in [0.4, 0.5) is 0 Å². The van der Waals surface area contributed by atoms with E-state index in [1.165, 1.54) is 51.4 Å². The summed E-state index contributed by atoms with van der Waals surface area (Å²) < 4.78 is 0. The molecule has 0 N–H and O–H groups in total.